The average Bonchev–Trinajstić information content (AvgIpc) is 3.06. The second-order valence-electron chi connectivity index (χ2n) is 8.22. The number of nitrogens with zero attached hydrogens (tertiary/aromatic N) is 2. The summed E-state index contributed by atoms with van der Waals surface area (Å²) in [5.74, 6) is -0.0447. The van der Waals surface area contributed by atoms with Gasteiger partial charge in [0.2, 0.25) is 5.91 Å². The normalized spacial score (nSPS) is 26.0. The largest absolute Gasteiger partial charge is 0.481 e. The Hall–Kier alpha value is -1.88. The first-order valence-corrected chi connectivity index (χ1v) is 9.69. The zero-order valence-electron chi connectivity index (χ0n) is 15.9. The van der Waals surface area contributed by atoms with Crippen molar-refractivity contribution in [3.63, 3.8) is 0 Å². The van der Waals surface area contributed by atoms with Gasteiger partial charge in [0.25, 0.3) is 0 Å². The van der Waals surface area contributed by atoms with Crippen molar-refractivity contribution < 1.29 is 14.7 Å². The fourth-order valence-corrected chi connectivity index (χ4v) is 4.24. The molecule has 1 aromatic rings. The van der Waals surface area contributed by atoms with Gasteiger partial charge in [0.05, 0.1) is 11.5 Å². The van der Waals surface area contributed by atoms with E-state index >= 15 is 0 Å². The predicted molar refractivity (Wildman–Crippen MR) is 101 cm³/mol. The number of amides is 1. The highest BCUT2D eigenvalue weighted by atomic mass is 16.4. The molecule has 2 unspecified atom stereocenters. The monoisotopic (exact) mass is 358 g/mol. The van der Waals surface area contributed by atoms with Crippen LogP contribution in [0.4, 0.5) is 0 Å². The standard InChI is InChI=1S/C21H30N2O3/c1-16(19(24)23-13-10-21(2,15-23)20(25)26)22-11-8-18(9-12-22)14-17-6-4-3-5-7-17/h3-7,16,18H,8-15H2,1-2H3,(H,25,26). The maximum Gasteiger partial charge on any atom is 0.311 e. The number of rotatable bonds is 5. The third-order valence-corrected chi connectivity index (χ3v) is 6.22. The first-order chi connectivity index (χ1) is 12.4. The van der Waals surface area contributed by atoms with Crippen molar-refractivity contribution in [2.45, 2.75) is 45.6 Å². The summed E-state index contributed by atoms with van der Waals surface area (Å²) in [4.78, 5) is 28.2. The summed E-state index contributed by atoms with van der Waals surface area (Å²) in [5, 5.41) is 9.36. The molecule has 2 fully saturated rings. The Morgan fingerprint density at radius 2 is 1.85 bits per heavy atom. The van der Waals surface area contributed by atoms with Crippen LogP contribution >= 0.6 is 0 Å². The van der Waals surface area contributed by atoms with Crippen molar-refractivity contribution in [1.82, 2.24) is 9.80 Å². The molecule has 2 aliphatic heterocycles. The molecule has 5 heteroatoms. The Labute approximate surface area is 156 Å². The molecule has 142 valence electrons. The first kappa shape index (κ1) is 18.9. The highest BCUT2D eigenvalue weighted by Gasteiger charge is 2.43. The van der Waals surface area contributed by atoms with Gasteiger partial charge in [-0.25, -0.2) is 0 Å². The summed E-state index contributed by atoms with van der Waals surface area (Å²) >= 11 is 0. The molecule has 1 N–H and O–H groups in total. The van der Waals surface area contributed by atoms with Crippen LogP contribution in [-0.2, 0) is 16.0 Å². The molecule has 2 heterocycles. The van der Waals surface area contributed by atoms with Crippen LogP contribution in [0.5, 0.6) is 0 Å². The number of hydrogen-bond donors (Lipinski definition) is 1. The molecular formula is C21H30N2O3. The quantitative estimate of drug-likeness (QED) is 0.879. The van der Waals surface area contributed by atoms with Crippen LogP contribution in [-0.4, -0.2) is 59.0 Å². The van der Waals surface area contributed by atoms with Crippen molar-refractivity contribution in [2.75, 3.05) is 26.2 Å². The average molecular weight is 358 g/mol. The Morgan fingerprint density at radius 1 is 1.19 bits per heavy atom. The molecule has 3 rings (SSSR count). The van der Waals surface area contributed by atoms with Crippen LogP contribution in [0.3, 0.4) is 0 Å². The fourth-order valence-electron chi connectivity index (χ4n) is 4.24. The number of likely N-dealkylation sites (tertiary alicyclic amines) is 2. The first-order valence-electron chi connectivity index (χ1n) is 9.69. The molecule has 2 saturated heterocycles. The van der Waals surface area contributed by atoms with Gasteiger partial charge in [-0.3, -0.25) is 14.5 Å². The van der Waals surface area contributed by atoms with Gasteiger partial charge in [-0.15, -0.1) is 0 Å². The molecule has 0 spiro atoms. The minimum Gasteiger partial charge on any atom is -0.481 e. The Bertz CT molecular complexity index is 640. The number of carboxylic acid groups (broad SMARTS) is 1. The van der Waals surface area contributed by atoms with E-state index in [1.165, 1.54) is 5.56 Å². The van der Waals surface area contributed by atoms with Crippen LogP contribution in [0.1, 0.15) is 38.7 Å². The molecule has 0 bridgehead atoms. The molecule has 0 radical (unpaired) electrons. The summed E-state index contributed by atoms with van der Waals surface area (Å²) < 4.78 is 0. The summed E-state index contributed by atoms with van der Waals surface area (Å²) in [7, 11) is 0. The number of aliphatic carboxylic acids is 1. The van der Waals surface area contributed by atoms with E-state index in [0.29, 0.717) is 25.4 Å². The molecule has 0 aliphatic carbocycles. The van der Waals surface area contributed by atoms with E-state index in [4.69, 9.17) is 0 Å². The van der Waals surface area contributed by atoms with Crippen molar-refractivity contribution in [3.05, 3.63) is 35.9 Å². The van der Waals surface area contributed by atoms with Gasteiger partial charge in [-0.2, -0.15) is 0 Å². The van der Waals surface area contributed by atoms with Gasteiger partial charge in [-0.05, 0) is 64.1 Å². The van der Waals surface area contributed by atoms with Gasteiger partial charge >= 0.3 is 5.97 Å². The molecule has 0 saturated carbocycles. The maximum atomic E-state index is 12.8. The molecule has 5 nitrogen and oxygen atoms in total. The zero-order chi connectivity index (χ0) is 18.7. The second-order valence-corrected chi connectivity index (χ2v) is 8.22. The summed E-state index contributed by atoms with van der Waals surface area (Å²) in [5.41, 5.74) is 0.595. The number of hydrogen-bond acceptors (Lipinski definition) is 3. The summed E-state index contributed by atoms with van der Waals surface area (Å²) in [6, 6.07) is 10.4. The minimum atomic E-state index is -0.804. The Kier molecular flexibility index (Phi) is 5.66. The van der Waals surface area contributed by atoms with Crippen LogP contribution in [0.2, 0.25) is 0 Å². The fraction of sp³-hybridized carbons (Fsp3) is 0.619. The predicted octanol–water partition coefficient (Wildman–Crippen LogP) is 2.65. The van der Waals surface area contributed by atoms with E-state index in [0.717, 1.165) is 32.4 Å². The number of carboxylic acids is 1. The van der Waals surface area contributed by atoms with Crippen LogP contribution in [0, 0.1) is 11.3 Å². The highest BCUT2D eigenvalue weighted by molar-refractivity contribution is 5.84. The number of carbonyl (C=O) groups excluding carboxylic acids is 1. The lowest BCUT2D eigenvalue weighted by Gasteiger charge is -2.37. The molecule has 2 atom stereocenters. The zero-order valence-corrected chi connectivity index (χ0v) is 15.9. The third-order valence-electron chi connectivity index (χ3n) is 6.22. The lowest BCUT2D eigenvalue weighted by molar-refractivity contribution is -0.147. The number of benzene rings is 1. The van der Waals surface area contributed by atoms with E-state index in [2.05, 4.69) is 29.2 Å². The third kappa shape index (κ3) is 4.09. The molecule has 26 heavy (non-hydrogen) atoms. The van der Waals surface area contributed by atoms with E-state index in [1.807, 2.05) is 13.0 Å². The van der Waals surface area contributed by atoms with Gasteiger partial charge in [0.1, 0.15) is 0 Å². The number of piperidine rings is 1. The van der Waals surface area contributed by atoms with Crippen LogP contribution < -0.4 is 0 Å². The SMILES string of the molecule is CC(C(=O)N1CCC(C)(C(=O)O)C1)N1CCC(Cc2ccccc2)CC1. The molecule has 1 amide bonds. The smallest absolute Gasteiger partial charge is 0.311 e. The summed E-state index contributed by atoms with van der Waals surface area (Å²) in [6.45, 7) is 6.47. The van der Waals surface area contributed by atoms with Crippen molar-refractivity contribution in [2.24, 2.45) is 11.3 Å². The van der Waals surface area contributed by atoms with Crippen molar-refractivity contribution in [1.29, 1.82) is 0 Å². The maximum absolute atomic E-state index is 12.8. The molecular weight excluding hydrogens is 328 g/mol. The topological polar surface area (TPSA) is 60.9 Å². The van der Waals surface area contributed by atoms with E-state index in [1.54, 1.807) is 11.8 Å². The van der Waals surface area contributed by atoms with E-state index in [9.17, 15) is 14.7 Å². The summed E-state index contributed by atoms with van der Waals surface area (Å²) in [6.07, 6.45) is 3.87. The van der Waals surface area contributed by atoms with Crippen molar-refractivity contribution in [3.8, 4) is 0 Å². The van der Waals surface area contributed by atoms with Gasteiger partial charge < -0.3 is 10.0 Å². The second kappa shape index (κ2) is 7.78. The van der Waals surface area contributed by atoms with Gasteiger partial charge in [-0.1, -0.05) is 30.3 Å². The Balaban J connectivity index is 1.50. The minimum absolute atomic E-state index is 0.0801. The number of carbonyl (C=O) groups is 2. The molecule has 2 aliphatic rings. The molecule has 1 aromatic carbocycles. The van der Waals surface area contributed by atoms with Gasteiger partial charge in [0, 0.05) is 13.1 Å². The van der Waals surface area contributed by atoms with E-state index in [-0.39, 0.29) is 11.9 Å². The van der Waals surface area contributed by atoms with E-state index < -0.39 is 11.4 Å². The van der Waals surface area contributed by atoms with Gasteiger partial charge in [0.15, 0.2) is 0 Å². The highest BCUT2D eigenvalue weighted by Crippen LogP contribution is 2.31. The lowest BCUT2D eigenvalue weighted by atomic mass is 9.89. The lowest BCUT2D eigenvalue weighted by Crippen LogP contribution is -2.49. The van der Waals surface area contributed by atoms with Crippen LogP contribution in [0.25, 0.3) is 0 Å². The van der Waals surface area contributed by atoms with Crippen molar-refractivity contribution >= 4 is 11.9 Å². The van der Waals surface area contributed by atoms with Crippen LogP contribution in [0.15, 0.2) is 30.3 Å². The Morgan fingerprint density at radius 3 is 2.42 bits per heavy atom. The molecule has 0 aromatic heterocycles.